The van der Waals surface area contributed by atoms with Crippen molar-refractivity contribution in [3.8, 4) is 0 Å². The van der Waals surface area contributed by atoms with Gasteiger partial charge in [0.25, 0.3) is 0 Å². The van der Waals surface area contributed by atoms with Crippen LogP contribution in [0.15, 0.2) is 30.3 Å². The summed E-state index contributed by atoms with van der Waals surface area (Å²) in [4.78, 5) is 0. The van der Waals surface area contributed by atoms with Crippen molar-refractivity contribution in [3.63, 3.8) is 0 Å². The summed E-state index contributed by atoms with van der Waals surface area (Å²) in [6, 6.07) is 9.95. The second kappa shape index (κ2) is 5.26. The number of ether oxygens (including phenoxy) is 1. The number of aliphatic hydroxyl groups is 1. The Morgan fingerprint density at radius 1 is 1.21 bits per heavy atom. The third-order valence-electron chi connectivity index (χ3n) is 4.69. The van der Waals surface area contributed by atoms with Crippen molar-refractivity contribution in [1.29, 1.82) is 0 Å². The van der Waals surface area contributed by atoms with Gasteiger partial charge in [0.1, 0.15) is 5.60 Å². The van der Waals surface area contributed by atoms with Gasteiger partial charge in [-0.3, -0.25) is 0 Å². The van der Waals surface area contributed by atoms with Gasteiger partial charge in [0, 0.05) is 7.11 Å². The van der Waals surface area contributed by atoms with E-state index in [1.807, 2.05) is 30.3 Å². The minimum absolute atomic E-state index is 0.118. The zero-order chi connectivity index (χ0) is 14.1. The third kappa shape index (κ3) is 2.85. The molecule has 1 saturated carbocycles. The lowest BCUT2D eigenvalue weighted by Gasteiger charge is -2.46. The lowest BCUT2D eigenvalue weighted by atomic mass is 9.65. The van der Waals surface area contributed by atoms with Crippen LogP contribution in [0.3, 0.4) is 0 Å². The number of benzene rings is 1. The highest BCUT2D eigenvalue weighted by Crippen LogP contribution is 2.46. The number of methoxy groups -OCH3 is 1. The van der Waals surface area contributed by atoms with E-state index in [0.717, 1.165) is 24.8 Å². The van der Waals surface area contributed by atoms with E-state index in [2.05, 4.69) is 20.8 Å². The number of hydrogen-bond acceptors (Lipinski definition) is 2. The van der Waals surface area contributed by atoms with Crippen molar-refractivity contribution >= 4 is 0 Å². The average molecular weight is 262 g/mol. The molecule has 1 fully saturated rings. The lowest BCUT2D eigenvalue weighted by Crippen LogP contribution is -2.47. The molecule has 0 aliphatic heterocycles. The fraction of sp³-hybridized carbons (Fsp3) is 0.647. The highest BCUT2D eigenvalue weighted by atomic mass is 16.5. The molecular formula is C17H26O2. The van der Waals surface area contributed by atoms with Crippen molar-refractivity contribution in [2.24, 2.45) is 11.3 Å². The van der Waals surface area contributed by atoms with E-state index in [1.54, 1.807) is 7.11 Å². The standard InChI is InChI=1S/C17H26O2/c1-16(2,3)14-10-11-17(18,15(12-14)19-4)13-8-6-5-7-9-13/h5-9,14-15,18H,10-12H2,1-4H3/t14-,15+,17+/m1/s1. The SMILES string of the molecule is CO[C@H]1C[C@H](C(C)(C)C)CC[C@]1(O)c1ccccc1. The molecule has 2 rings (SSSR count). The van der Waals surface area contributed by atoms with E-state index < -0.39 is 5.60 Å². The minimum atomic E-state index is -0.836. The maximum absolute atomic E-state index is 11.1. The maximum atomic E-state index is 11.1. The van der Waals surface area contributed by atoms with Gasteiger partial charge in [0.2, 0.25) is 0 Å². The smallest absolute Gasteiger partial charge is 0.116 e. The Morgan fingerprint density at radius 2 is 1.84 bits per heavy atom. The fourth-order valence-electron chi connectivity index (χ4n) is 3.26. The molecule has 0 bridgehead atoms. The molecular weight excluding hydrogens is 236 g/mol. The van der Waals surface area contributed by atoms with E-state index in [4.69, 9.17) is 4.74 Å². The van der Waals surface area contributed by atoms with Gasteiger partial charge in [-0.15, -0.1) is 0 Å². The number of hydrogen-bond donors (Lipinski definition) is 1. The molecule has 1 aliphatic rings. The molecule has 3 atom stereocenters. The van der Waals surface area contributed by atoms with Crippen LogP contribution in [0.25, 0.3) is 0 Å². The molecule has 2 heteroatoms. The molecule has 1 aromatic carbocycles. The summed E-state index contributed by atoms with van der Waals surface area (Å²) in [5.74, 6) is 0.599. The van der Waals surface area contributed by atoms with Gasteiger partial charge in [-0.1, -0.05) is 51.1 Å². The summed E-state index contributed by atoms with van der Waals surface area (Å²) in [6.07, 6.45) is 2.63. The van der Waals surface area contributed by atoms with E-state index in [1.165, 1.54) is 0 Å². The molecule has 0 radical (unpaired) electrons. The van der Waals surface area contributed by atoms with Crippen LogP contribution in [0.4, 0.5) is 0 Å². The van der Waals surface area contributed by atoms with Crippen molar-refractivity contribution in [1.82, 2.24) is 0 Å². The quantitative estimate of drug-likeness (QED) is 0.880. The van der Waals surface area contributed by atoms with E-state index in [-0.39, 0.29) is 11.5 Å². The van der Waals surface area contributed by atoms with E-state index in [0.29, 0.717) is 5.92 Å². The minimum Gasteiger partial charge on any atom is -0.382 e. The largest absolute Gasteiger partial charge is 0.382 e. The van der Waals surface area contributed by atoms with Gasteiger partial charge in [0.15, 0.2) is 0 Å². The van der Waals surface area contributed by atoms with Crippen LogP contribution in [0.5, 0.6) is 0 Å². The molecule has 106 valence electrons. The van der Waals surface area contributed by atoms with Crippen LogP contribution in [0.2, 0.25) is 0 Å². The summed E-state index contributed by atoms with van der Waals surface area (Å²) >= 11 is 0. The van der Waals surface area contributed by atoms with Crippen LogP contribution < -0.4 is 0 Å². The Labute approximate surface area is 116 Å². The van der Waals surface area contributed by atoms with Crippen LogP contribution in [0, 0.1) is 11.3 Å². The van der Waals surface area contributed by atoms with Crippen molar-refractivity contribution < 1.29 is 9.84 Å². The van der Waals surface area contributed by atoms with Gasteiger partial charge in [0.05, 0.1) is 6.10 Å². The maximum Gasteiger partial charge on any atom is 0.116 e. The predicted octanol–water partition coefficient (Wildman–Crippen LogP) is 3.74. The summed E-state index contributed by atoms with van der Waals surface area (Å²) in [6.45, 7) is 6.83. The summed E-state index contributed by atoms with van der Waals surface area (Å²) in [5.41, 5.74) is 0.418. The molecule has 19 heavy (non-hydrogen) atoms. The van der Waals surface area contributed by atoms with Gasteiger partial charge < -0.3 is 9.84 Å². The molecule has 0 aromatic heterocycles. The molecule has 0 amide bonds. The Morgan fingerprint density at radius 3 is 2.37 bits per heavy atom. The van der Waals surface area contributed by atoms with Crippen molar-refractivity contribution in [2.75, 3.05) is 7.11 Å². The van der Waals surface area contributed by atoms with Gasteiger partial charge in [-0.2, -0.15) is 0 Å². The van der Waals surface area contributed by atoms with Gasteiger partial charge in [-0.25, -0.2) is 0 Å². The lowest BCUT2D eigenvalue weighted by molar-refractivity contribution is -0.143. The van der Waals surface area contributed by atoms with Gasteiger partial charge >= 0.3 is 0 Å². The molecule has 0 unspecified atom stereocenters. The van der Waals surface area contributed by atoms with Crippen LogP contribution in [0.1, 0.15) is 45.6 Å². The van der Waals surface area contributed by atoms with E-state index >= 15 is 0 Å². The number of rotatable bonds is 2. The highest BCUT2D eigenvalue weighted by Gasteiger charge is 2.46. The molecule has 0 spiro atoms. The zero-order valence-electron chi connectivity index (χ0n) is 12.5. The highest BCUT2D eigenvalue weighted by molar-refractivity contribution is 5.25. The molecule has 1 aromatic rings. The second-order valence-electron chi connectivity index (χ2n) is 6.85. The summed E-state index contributed by atoms with van der Waals surface area (Å²) in [5, 5.41) is 11.1. The Hall–Kier alpha value is -0.860. The van der Waals surface area contributed by atoms with Crippen LogP contribution in [-0.2, 0) is 10.3 Å². The topological polar surface area (TPSA) is 29.5 Å². The molecule has 1 N–H and O–H groups in total. The Kier molecular flexibility index (Phi) is 4.03. The second-order valence-corrected chi connectivity index (χ2v) is 6.85. The Bertz CT molecular complexity index is 407. The van der Waals surface area contributed by atoms with Crippen LogP contribution in [-0.4, -0.2) is 18.3 Å². The van der Waals surface area contributed by atoms with Crippen molar-refractivity contribution in [2.45, 2.75) is 51.7 Å². The monoisotopic (exact) mass is 262 g/mol. The van der Waals surface area contributed by atoms with E-state index in [9.17, 15) is 5.11 Å². The zero-order valence-corrected chi connectivity index (χ0v) is 12.5. The summed E-state index contributed by atoms with van der Waals surface area (Å²) in [7, 11) is 1.71. The van der Waals surface area contributed by atoms with Crippen LogP contribution >= 0.6 is 0 Å². The van der Waals surface area contributed by atoms with Gasteiger partial charge in [-0.05, 0) is 36.2 Å². The molecule has 0 saturated heterocycles. The molecule has 2 nitrogen and oxygen atoms in total. The Balaban J connectivity index is 2.24. The fourth-order valence-corrected chi connectivity index (χ4v) is 3.26. The summed E-state index contributed by atoms with van der Waals surface area (Å²) < 4.78 is 5.64. The third-order valence-corrected chi connectivity index (χ3v) is 4.69. The first-order valence-electron chi connectivity index (χ1n) is 7.18. The first-order chi connectivity index (χ1) is 8.88. The first-order valence-corrected chi connectivity index (χ1v) is 7.18. The normalized spacial score (nSPS) is 32.3. The average Bonchev–Trinajstić information content (AvgIpc) is 2.39. The molecule has 1 aliphatic carbocycles. The first kappa shape index (κ1) is 14.5. The van der Waals surface area contributed by atoms with Crippen molar-refractivity contribution in [3.05, 3.63) is 35.9 Å². The molecule has 0 heterocycles. The predicted molar refractivity (Wildman–Crippen MR) is 77.9 cm³/mol.